The van der Waals surface area contributed by atoms with E-state index in [1.54, 1.807) is 6.07 Å². The summed E-state index contributed by atoms with van der Waals surface area (Å²) in [5, 5.41) is 3.28. The lowest BCUT2D eigenvalue weighted by atomic mass is 9.71. The first-order valence-electron chi connectivity index (χ1n) is 8.99. The summed E-state index contributed by atoms with van der Waals surface area (Å²) >= 11 is 0. The predicted molar refractivity (Wildman–Crippen MR) is 90.8 cm³/mol. The van der Waals surface area contributed by atoms with E-state index in [4.69, 9.17) is 0 Å². The normalized spacial score (nSPS) is 21.0. The molecule has 1 N–H and O–H groups in total. The number of ketones is 2. The van der Waals surface area contributed by atoms with Gasteiger partial charge in [-0.3, -0.25) is 9.59 Å². The minimum absolute atomic E-state index is 0.0548. The molecule has 142 valence electrons. The minimum atomic E-state index is -4.80. The first-order valence-corrected chi connectivity index (χ1v) is 8.99. The molecule has 4 rings (SSSR count). The third-order valence-corrected chi connectivity index (χ3v) is 5.22. The fourth-order valence-electron chi connectivity index (χ4n) is 4.21. The highest BCUT2D eigenvalue weighted by Gasteiger charge is 2.40. The average molecular weight is 377 g/mol. The lowest BCUT2D eigenvalue weighted by molar-refractivity contribution is -0.274. The van der Waals surface area contributed by atoms with Gasteiger partial charge in [-0.05, 0) is 43.4 Å². The van der Waals surface area contributed by atoms with Gasteiger partial charge in [-0.2, -0.15) is 0 Å². The summed E-state index contributed by atoms with van der Waals surface area (Å²) in [5.74, 6) is -1.09. The van der Waals surface area contributed by atoms with Crippen molar-refractivity contribution < 1.29 is 27.5 Å². The molecule has 2 aliphatic carbocycles. The summed E-state index contributed by atoms with van der Waals surface area (Å²) in [6.07, 6.45) is -1.19. The van der Waals surface area contributed by atoms with Gasteiger partial charge in [0, 0.05) is 41.3 Å². The lowest BCUT2D eigenvalue weighted by Gasteiger charge is -2.37. The van der Waals surface area contributed by atoms with E-state index in [9.17, 15) is 22.8 Å². The molecule has 0 bridgehead atoms. The van der Waals surface area contributed by atoms with Crippen LogP contribution in [-0.4, -0.2) is 17.9 Å². The van der Waals surface area contributed by atoms with Crippen LogP contribution >= 0.6 is 0 Å². The standard InChI is InChI=1S/C20H18F3NO3/c21-20(22,23)27-12-5-1-4-11(10-12)17-18-13(6-2-8-15(18)25)24-14-7-3-9-16(26)19(14)17/h1,4-5,10,17,24H,2-3,6-9H2. The first-order chi connectivity index (χ1) is 12.8. The van der Waals surface area contributed by atoms with Gasteiger partial charge in [-0.1, -0.05) is 12.1 Å². The van der Waals surface area contributed by atoms with Crippen molar-refractivity contribution in [2.45, 2.75) is 50.8 Å². The van der Waals surface area contributed by atoms with Gasteiger partial charge in [-0.25, -0.2) is 0 Å². The molecule has 3 aliphatic rings. The van der Waals surface area contributed by atoms with E-state index in [1.807, 2.05) is 0 Å². The van der Waals surface area contributed by atoms with Gasteiger partial charge in [-0.15, -0.1) is 13.2 Å². The third-order valence-electron chi connectivity index (χ3n) is 5.22. The Kier molecular flexibility index (Phi) is 4.32. The fourth-order valence-corrected chi connectivity index (χ4v) is 4.21. The topological polar surface area (TPSA) is 55.4 Å². The molecule has 0 spiro atoms. The van der Waals surface area contributed by atoms with Crippen molar-refractivity contribution in [3.8, 4) is 5.75 Å². The van der Waals surface area contributed by atoms with E-state index in [1.165, 1.54) is 18.2 Å². The molecular weight excluding hydrogens is 359 g/mol. The summed E-state index contributed by atoms with van der Waals surface area (Å²) in [4.78, 5) is 25.3. The Hall–Kier alpha value is -2.57. The van der Waals surface area contributed by atoms with Crippen LogP contribution < -0.4 is 10.1 Å². The molecule has 0 saturated carbocycles. The predicted octanol–water partition coefficient (Wildman–Crippen LogP) is 4.29. The molecule has 7 heteroatoms. The third kappa shape index (κ3) is 3.38. The molecule has 1 aliphatic heterocycles. The Labute approximate surface area is 154 Å². The van der Waals surface area contributed by atoms with E-state index in [0.717, 1.165) is 24.2 Å². The van der Waals surface area contributed by atoms with Crippen molar-refractivity contribution in [2.24, 2.45) is 0 Å². The molecule has 4 nitrogen and oxygen atoms in total. The maximum Gasteiger partial charge on any atom is 0.573 e. The van der Waals surface area contributed by atoms with Crippen LogP contribution in [0.4, 0.5) is 13.2 Å². The maximum absolute atomic E-state index is 12.7. The van der Waals surface area contributed by atoms with Gasteiger partial charge in [0.25, 0.3) is 0 Å². The SMILES string of the molecule is O=C1CCCC2=C1C(c1cccc(OC(F)(F)F)c1)C1=C(CCCC1=O)N2. The number of alkyl halides is 3. The van der Waals surface area contributed by atoms with Crippen molar-refractivity contribution in [2.75, 3.05) is 0 Å². The Bertz CT molecular complexity index is 841. The summed E-state index contributed by atoms with van der Waals surface area (Å²) in [5.41, 5.74) is 3.10. The molecule has 1 aromatic rings. The van der Waals surface area contributed by atoms with E-state index < -0.39 is 12.3 Å². The van der Waals surface area contributed by atoms with Crippen molar-refractivity contribution in [3.05, 3.63) is 52.4 Å². The number of benzene rings is 1. The molecule has 0 aromatic heterocycles. The Morgan fingerprint density at radius 1 is 0.926 bits per heavy atom. The van der Waals surface area contributed by atoms with Gasteiger partial charge in [0.05, 0.1) is 0 Å². The fraction of sp³-hybridized carbons (Fsp3) is 0.400. The van der Waals surface area contributed by atoms with E-state index >= 15 is 0 Å². The molecule has 0 radical (unpaired) electrons. The summed E-state index contributed by atoms with van der Waals surface area (Å²) in [6.45, 7) is 0. The summed E-state index contributed by atoms with van der Waals surface area (Å²) in [6, 6.07) is 5.61. The Morgan fingerprint density at radius 2 is 1.52 bits per heavy atom. The number of Topliss-reactive ketones (excluding diaryl/α,β-unsaturated/α-hetero) is 2. The van der Waals surface area contributed by atoms with Gasteiger partial charge >= 0.3 is 6.36 Å². The molecule has 0 saturated heterocycles. The van der Waals surface area contributed by atoms with Crippen LogP contribution in [0.1, 0.15) is 50.0 Å². The maximum atomic E-state index is 12.7. The number of hydrogen-bond donors (Lipinski definition) is 1. The number of carbonyl (C=O) groups excluding carboxylic acids is 2. The number of ether oxygens (including phenoxy) is 1. The number of hydrogen-bond acceptors (Lipinski definition) is 4. The Morgan fingerprint density at radius 3 is 2.07 bits per heavy atom. The van der Waals surface area contributed by atoms with Gasteiger partial charge in [0.15, 0.2) is 11.6 Å². The van der Waals surface area contributed by atoms with Crippen LogP contribution in [0.15, 0.2) is 46.8 Å². The largest absolute Gasteiger partial charge is 0.573 e. The van der Waals surface area contributed by atoms with Crippen molar-refractivity contribution in [3.63, 3.8) is 0 Å². The number of carbonyl (C=O) groups is 2. The molecular formula is C20H18F3NO3. The van der Waals surface area contributed by atoms with Gasteiger partial charge < -0.3 is 10.1 Å². The molecule has 27 heavy (non-hydrogen) atoms. The minimum Gasteiger partial charge on any atom is -0.406 e. The molecule has 1 heterocycles. The van der Waals surface area contributed by atoms with E-state index in [-0.39, 0.29) is 17.3 Å². The molecule has 0 fully saturated rings. The zero-order valence-corrected chi connectivity index (χ0v) is 14.5. The van der Waals surface area contributed by atoms with Crippen LogP contribution in [0, 0.1) is 0 Å². The number of nitrogens with one attached hydrogen (secondary N) is 1. The van der Waals surface area contributed by atoms with Crippen LogP contribution in [0.3, 0.4) is 0 Å². The number of dihydropyridines is 1. The quantitative estimate of drug-likeness (QED) is 0.836. The van der Waals surface area contributed by atoms with Crippen LogP contribution in [0.2, 0.25) is 0 Å². The molecule has 0 amide bonds. The number of rotatable bonds is 2. The zero-order valence-electron chi connectivity index (χ0n) is 14.5. The number of allylic oxidation sites excluding steroid dienone is 4. The van der Waals surface area contributed by atoms with E-state index in [0.29, 0.717) is 42.4 Å². The van der Waals surface area contributed by atoms with Crippen molar-refractivity contribution in [1.29, 1.82) is 0 Å². The molecule has 1 aromatic carbocycles. The molecule has 0 atom stereocenters. The zero-order chi connectivity index (χ0) is 19.2. The van der Waals surface area contributed by atoms with Gasteiger partial charge in [0.1, 0.15) is 5.75 Å². The second kappa shape index (κ2) is 6.55. The summed E-state index contributed by atoms with van der Waals surface area (Å²) < 4.78 is 41.9. The molecule has 0 unspecified atom stereocenters. The monoisotopic (exact) mass is 377 g/mol. The van der Waals surface area contributed by atoms with Crippen molar-refractivity contribution in [1.82, 2.24) is 5.32 Å². The second-order valence-corrected chi connectivity index (χ2v) is 7.02. The first kappa shape index (κ1) is 17.8. The van der Waals surface area contributed by atoms with Crippen LogP contribution in [0.25, 0.3) is 0 Å². The smallest absolute Gasteiger partial charge is 0.406 e. The Balaban J connectivity index is 1.84. The van der Waals surface area contributed by atoms with Crippen LogP contribution in [0.5, 0.6) is 5.75 Å². The van der Waals surface area contributed by atoms with Crippen LogP contribution in [-0.2, 0) is 9.59 Å². The highest BCUT2D eigenvalue weighted by Crippen LogP contribution is 2.45. The van der Waals surface area contributed by atoms with Crippen molar-refractivity contribution >= 4 is 11.6 Å². The van der Waals surface area contributed by atoms with E-state index in [2.05, 4.69) is 10.1 Å². The average Bonchev–Trinajstić information content (AvgIpc) is 2.59. The summed E-state index contributed by atoms with van der Waals surface area (Å²) in [7, 11) is 0. The van der Waals surface area contributed by atoms with Gasteiger partial charge in [0.2, 0.25) is 0 Å². The number of halogens is 3. The highest BCUT2D eigenvalue weighted by molar-refractivity contribution is 6.06. The second-order valence-electron chi connectivity index (χ2n) is 7.02. The lowest BCUT2D eigenvalue weighted by Crippen LogP contribution is -2.36. The highest BCUT2D eigenvalue weighted by atomic mass is 19.4.